The number of aliphatic hydroxyl groups is 1. The van der Waals surface area contributed by atoms with E-state index in [1.54, 1.807) is 37.3 Å². The van der Waals surface area contributed by atoms with Crippen molar-refractivity contribution in [3.63, 3.8) is 0 Å². The maximum atomic E-state index is 12.2. The van der Waals surface area contributed by atoms with Gasteiger partial charge in [-0.2, -0.15) is 0 Å². The lowest BCUT2D eigenvalue weighted by Gasteiger charge is -2.08. The van der Waals surface area contributed by atoms with Crippen molar-refractivity contribution in [2.75, 3.05) is 13.2 Å². The highest BCUT2D eigenvalue weighted by molar-refractivity contribution is 7.89. The van der Waals surface area contributed by atoms with Crippen molar-refractivity contribution in [1.29, 1.82) is 0 Å². The molecule has 2 aromatic carbocycles. The van der Waals surface area contributed by atoms with Gasteiger partial charge < -0.3 is 14.6 Å². The van der Waals surface area contributed by atoms with Crippen molar-refractivity contribution in [2.45, 2.75) is 167 Å². The lowest BCUT2D eigenvalue weighted by molar-refractivity contribution is -0.153. The highest BCUT2D eigenvalue weighted by Crippen LogP contribution is 2.41. The largest absolute Gasteiger partial charge is 0.466 e. The van der Waals surface area contributed by atoms with E-state index in [9.17, 15) is 23.1 Å². The third-order valence-corrected chi connectivity index (χ3v) is 11.9. The zero-order valence-electron chi connectivity index (χ0n) is 43.5. The topological polar surface area (TPSA) is 123 Å². The minimum absolute atomic E-state index is 0.0672. The number of rotatable bonds is 35. The number of aliphatic hydroxyl groups excluding tert-OH is 1. The first-order valence-corrected chi connectivity index (χ1v) is 27.5. The molecule has 1 N–H and O–H groups in total. The van der Waals surface area contributed by atoms with Crippen LogP contribution in [0.4, 0.5) is 0 Å². The van der Waals surface area contributed by atoms with Gasteiger partial charge in [0.05, 0.1) is 18.1 Å². The summed E-state index contributed by atoms with van der Waals surface area (Å²) in [7, 11) is -3.55. The van der Waals surface area contributed by atoms with Crippen LogP contribution in [0.15, 0.2) is 187 Å². The molecular formula is C61H87NO8S. The molecule has 71 heavy (non-hydrogen) atoms. The summed E-state index contributed by atoms with van der Waals surface area (Å²) in [5, 5.41) is 9.57. The number of benzene rings is 2. The fourth-order valence-electron chi connectivity index (χ4n) is 6.39. The Morgan fingerprint density at radius 1 is 0.535 bits per heavy atom. The predicted octanol–water partition coefficient (Wildman–Crippen LogP) is 15.8. The Morgan fingerprint density at radius 2 is 0.930 bits per heavy atom. The Labute approximate surface area is 429 Å². The van der Waals surface area contributed by atoms with Crippen LogP contribution in [0.5, 0.6) is 0 Å². The molecule has 1 aliphatic heterocycles. The summed E-state index contributed by atoms with van der Waals surface area (Å²) in [6.07, 6.45) is 60.9. The minimum Gasteiger partial charge on any atom is -0.466 e. The highest BCUT2D eigenvalue weighted by atomic mass is 32.2. The molecule has 1 saturated heterocycles. The van der Waals surface area contributed by atoms with Crippen LogP contribution in [0.25, 0.3) is 0 Å². The molecule has 0 bridgehead atoms. The fourth-order valence-corrected chi connectivity index (χ4v) is 7.66. The second-order valence-corrected chi connectivity index (χ2v) is 18.1. The number of allylic oxidation sites excluding steroid dienone is 20. The molecule has 1 aliphatic rings. The molecule has 2 aromatic rings. The molecule has 3 unspecified atom stereocenters. The first kappa shape index (κ1) is 63.6. The van der Waals surface area contributed by atoms with E-state index in [0.717, 1.165) is 119 Å². The number of unbranched alkanes of at least 4 members (excludes halogenated alkanes) is 5. The van der Waals surface area contributed by atoms with Gasteiger partial charge in [0.1, 0.15) is 0 Å². The van der Waals surface area contributed by atoms with Gasteiger partial charge in [0.15, 0.2) is 12.3 Å². The molecular weight excluding hydrogens is 907 g/mol. The maximum Gasteiger partial charge on any atom is 0.334 e. The van der Waals surface area contributed by atoms with E-state index in [1.165, 1.54) is 0 Å². The monoisotopic (exact) mass is 994 g/mol. The lowest BCUT2D eigenvalue weighted by atomic mass is 10.1. The molecule has 0 amide bonds. The van der Waals surface area contributed by atoms with Gasteiger partial charge in [-0.15, -0.1) is 0 Å². The van der Waals surface area contributed by atoms with Gasteiger partial charge in [-0.25, -0.2) is 13.2 Å². The average molecular weight is 994 g/mol. The molecule has 1 fully saturated rings. The van der Waals surface area contributed by atoms with E-state index in [1.807, 2.05) is 37.3 Å². The van der Waals surface area contributed by atoms with Crippen LogP contribution in [-0.4, -0.2) is 49.2 Å². The predicted molar refractivity (Wildman–Crippen MR) is 295 cm³/mol. The number of esters is 2. The summed E-state index contributed by atoms with van der Waals surface area (Å²) < 4.78 is 35.1. The van der Waals surface area contributed by atoms with Gasteiger partial charge in [0.25, 0.3) is 10.0 Å². The number of sulfonamides is 1. The van der Waals surface area contributed by atoms with E-state index < -0.39 is 28.3 Å². The Bertz CT molecular complexity index is 2040. The summed E-state index contributed by atoms with van der Waals surface area (Å²) in [4.78, 5) is 27.8. The quantitative estimate of drug-likeness (QED) is 0.0314. The number of carbonyl (C=O) groups is 2. The average Bonchev–Trinajstić information content (AvgIpc) is 4.20. The maximum absolute atomic E-state index is 12.2. The number of hydroxylamine groups is 1. The first-order chi connectivity index (χ1) is 34.7. The van der Waals surface area contributed by atoms with Crippen LogP contribution in [0.1, 0.15) is 161 Å². The van der Waals surface area contributed by atoms with Crippen LogP contribution in [0.3, 0.4) is 0 Å². The number of hydrogen-bond donors (Lipinski definition) is 1. The third-order valence-electron chi connectivity index (χ3n) is 10.2. The van der Waals surface area contributed by atoms with Crippen molar-refractivity contribution < 1.29 is 37.4 Å². The Hall–Kier alpha value is -5.39. The first-order valence-electron chi connectivity index (χ1n) is 26.0. The second kappa shape index (κ2) is 45.7. The van der Waals surface area contributed by atoms with Crippen LogP contribution in [0, 0.1) is 0 Å². The molecule has 3 atom stereocenters. The van der Waals surface area contributed by atoms with E-state index in [-0.39, 0.29) is 10.9 Å². The molecule has 0 spiro atoms. The minimum atomic E-state index is -3.55. The van der Waals surface area contributed by atoms with Crippen LogP contribution in [-0.2, 0) is 33.9 Å². The fraction of sp³-hybridized carbons (Fsp3) is 0.443. The second-order valence-electron chi connectivity index (χ2n) is 16.3. The summed E-state index contributed by atoms with van der Waals surface area (Å²) in [5.74, 6) is -0.574. The summed E-state index contributed by atoms with van der Waals surface area (Å²) in [6, 6.07) is 17.5. The van der Waals surface area contributed by atoms with Gasteiger partial charge in [-0.05, 0) is 140 Å². The van der Waals surface area contributed by atoms with Crippen molar-refractivity contribution in [1.82, 2.24) is 4.47 Å². The van der Waals surface area contributed by atoms with Gasteiger partial charge in [-0.1, -0.05) is 190 Å². The number of hydrogen-bond acceptors (Lipinski definition) is 8. The summed E-state index contributed by atoms with van der Waals surface area (Å²) >= 11 is 0. The Kier molecular flexibility index (Phi) is 41.0. The third kappa shape index (κ3) is 36.2. The van der Waals surface area contributed by atoms with E-state index in [2.05, 4.69) is 135 Å². The zero-order chi connectivity index (χ0) is 51.7. The standard InChI is InChI=1S/C24H38O3.C24H38O2.C13H11NO3S/c1-3-5-6-7-8-9-10-11-12-13-14-15-16-17-18-19-20-21-22-23(25)24(26)27-4-2;1-3-5-6-7-8-9-10-11-12-13-14-15-16-17-18-19-20-21-22-23-24(25)26-4-2;15-18(16,12-9-5-2-6-10-12)14-13(17-14)11-7-3-1-4-8-11/h5-6,8-9,11-12,14-15,17-18,23,25H,3-4,7,10,13,16,19-22H2,1-2H3;5-6,8-9,11-12,14-15,17-18H,3-4,7,10,13,16,19-23H2,1-2H3;1-10,13H/b2*6-5-,9-8-,12-11-,15-14-,18-17-;. The van der Waals surface area contributed by atoms with Gasteiger partial charge in [0, 0.05) is 12.0 Å². The molecule has 9 nitrogen and oxygen atoms in total. The van der Waals surface area contributed by atoms with Gasteiger partial charge >= 0.3 is 11.9 Å². The molecule has 390 valence electrons. The van der Waals surface area contributed by atoms with Gasteiger partial charge in [0.2, 0.25) is 0 Å². The van der Waals surface area contributed by atoms with Crippen molar-refractivity contribution in [3.05, 3.63) is 188 Å². The summed E-state index contributed by atoms with van der Waals surface area (Å²) in [6.45, 7) is 8.69. The number of ether oxygens (including phenoxy) is 2. The van der Waals surface area contributed by atoms with Crippen LogP contribution >= 0.6 is 0 Å². The molecule has 3 rings (SSSR count). The zero-order valence-corrected chi connectivity index (χ0v) is 44.3. The number of nitrogens with zero attached hydrogens (tertiary/aromatic N) is 1. The molecule has 0 aliphatic carbocycles. The van der Waals surface area contributed by atoms with Crippen molar-refractivity contribution in [2.24, 2.45) is 0 Å². The van der Waals surface area contributed by atoms with Gasteiger partial charge in [-0.3, -0.25) is 9.63 Å². The SMILES string of the molecule is CC/C=C\C/C=C\C/C=C\C/C=C\C/C=C\CCCCC(O)C(=O)OCC.CC/C=C\C/C=C\C/C=C\C/C=C\C/C=C\CCCCCC(=O)OCC.O=S(=O)(c1ccccc1)N1OC1c1ccccc1. The summed E-state index contributed by atoms with van der Waals surface area (Å²) in [5.41, 5.74) is 0.831. The molecule has 0 radical (unpaired) electrons. The van der Waals surface area contributed by atoms with Crippen molar-refractivity contribution in [3.8, 4) is 0 Å². The van der Waals surface area contributed by atoms with E-state index >= 15 is 0 Å². The van der Waals surface area contributed by atoms with Crippen LogP contribution in [0.2, 0.25) is 0 Å². The highest BCUT2D eigenvalue weighted by Gasteiger charge is 2.48. The Balaban J connectivity index is 0.000000541. The van der Waals surface area contributed by atoms with Crippen LogP contribution < -0.4 is 0 Å². The molecule has 0 saturated carbocycles. The van der Waals surface area contributed by atoms with E-state index in [4.69, 9.17) is 14.3 Å². The van der Waals surface area contributed by atoms with Crippen molar-refractivity contribution >= 4 is 22.0 Å². The molecule has 10 heteroatoms. The lowest BCUT2D eigenvalue weighted by Crippen LogP contribution is -2.22. The normalized spacial score (nSPS) is 15.6. The smallest absolute Gasteiger partial charge is 0.334 e. The van der Waals surface area contributed by atoms with E-state index in [0.29, 0.717) is 26.1 Å². The number of carbonyl (C=O) groups excluding carboxylic acids is 2. The Morgan fingerprint density at radius 3 is 1.35 bits per heavy atom. The molecule has 1 heterocycles. The molecule has 0 aromatic heterocycles.